The van der Waals surface area contributed by atoms with Gasteiger partial charge in [0.15, 0.2) is 5.96 Å². The van der Waals surface area contributed by atoms with Gasteiger partial charge in [-0.05, 0) is 17.7 Å². The Labute approximate surface area is 190 Å². The van der Waals surface area contributed by atoms with Crippen LogP contribution in [-0.4, -0.2) is 104 Å². The highest BCUT2D eigenvalue weighted by Gasteiger charge is 2.32. The van der Waals surface area contributed by atoms with E-state index in [0.29, 0.717) is 6.04 Å². The number of benzene rings is 1. The third-order valence-corrected chi connectivity index (χ3v) is 6.34. The molecule has 4 aliphatic rings. The molecular weight excluding hydrogens is 487 g/mol. The number of nitrogens with one attached hydrogen (secondary N) is 1. The Kier molecular flexibility index (Phi) is 8.22. The number of halogens is 2. The first kappa shape index (κ1) is 22.1. The lowest BCUT2D eigenvalue weighted by atomic mass is 10.1. The van der Waals surface area contributed by atoms with Gasteiger partial charge in [0.1, 0.15) is 0 Å². The molecule has 0 spiro atoms. The van der Waals surface area contributed by atoms with Gasteiger partial charge in [-0.25, -0.2) is 0 Å². The molecule has 1 atom stereocenters. The number of piperazine rings is 4. The standard InChI is InChI=1S/C20H31ClN6.HI/c1-22-20(23-14-19-16-25-6-10-26(19)11-7-25)27-12-8-24(9-13-27)15-17-2-4-18(21)5-3-17;/h2-5,19H,6-16H2,1H3,(H,22,23);1H. The average Bonchev–Trinajstić information content (AvgIpc) is 2.72. The first-order valence-electron chi connectivity index (χ1n) is 10.1. The average molecular weight is 519 g/mol. The molecule has 8 heteroatoms. The summed E-state index contributed by atoms with van der Waals surface area (Å²) in [4.78, 5) is 14.7. The molecule has 4 heterocycles. The first-order valence-corrected chi connectivity index (χ1v) is 10.5. The fourth-order valence-electron chi connectivity index (χ4n) is 4.43. The van der Waals surface area contributed by atoms with Crippen molar-refractivity contribution in [1.82, 2.24) is 24.9 Å². The van der Waals surface area contributed by atoms with Crippen LogP contribution in [0.4, 0.5) is 0 Å². The molecule has 1 aromatic carbocycles. The predicted octanol–water partition coefficient (Wildman–Crippen LogP) is 1.65. The van der Waals surface area contributed by atoms with Gasteiger partial charge in [-0.1, -0.05) is 23.7 Å². The molecule has 5 rings (SSSR count). The number of nitrogens with zero attached hydrogens (tertiary/aromatic N) is 5. The van der Waals surface area contributed by atoms with E-state index in [-0.39, 0.29) is 24.0 Å². The van der Waals surface area contributed by atoms with Gasteiger partial charge in [0, 0.05) is 90.1 Å². The number of hydrogen-bond acceptors (Lipinski definition) is 4. The molecule has 0 aromatic heterocycles. The lowest BCUT2D eigenvalue weighted by molar-refractivity contribution is 0.0151. The normalized spacial score (nSPS) is 28.1. The number of rotatable bonds is 4. The summed E-state index contributed by atoms with van der Waals surface area (Å²) in [5, 5.41) is 4.44. The summed E-state index contributed by atoms with van der Waals surface area (Å²) in [7, 11) is 1.90. The van der Waals surface area contributed by atoms with Gasteiger partial charge in [0.25, 0.3) is 0 Å². The molecule has 1 aromatic rings. The highest BCUT2D eigenvalue weighted by Crippen LogP contribution is 2.15. The van der Waals surface area contributed by atoms with Crippen LogP contribution in [0.15, 0.2) is 29.3 Å². The van der Waals surface area contributed by atoms with Crippen LogP contribution in [0.2, 0.25) is 5.02 Å². The van der Waals surface area contributed by atoms with Crippen LogP contribution >= 0.6 is 35.6 Å². The Balaban J connectivity index is 0.00000225. The van der Waals surface area contributed by atoms with Crippen LogP contribution in [-0.2, 0) is 6.54 Å². The van der Waals surface area contributed by atoms with Gasteiger partial charge < -0.3 is 10.2 Å². The van der Waals surface area contributed by atoms with Gasteiger partial charge in [-0.15, -0.1) is 24.0 Å². The van der Waals surface area contributed by atoms with Crippen molar-refractivity contribution in [3.05, 3.63) is 34.9 Å². The van der Waals surface area contributed by atoms with Crippen molar-refractivity contribution in [2.75, 3.05) is 72.5 Å². The van der Waals surface area contributed by atoms with Crippen molar-refractivity contribution in [2.24, 2.45) is 4.99 Å². The zero-order valence-electron chi connectivity index (χ0n) is 16.7. The zero-order chi connectivity index (χ0) is 18.6. The molecule has 1 N–H and O–H groups in total. The third-order valence-electron chi connectivity index (χ3n) is 6.09. The number of guanidine groups is 1. The third kappa shape index (κ3) is 5.50. The fourth-order valence-corrected chi connectivity index (χ4v) is 4.55. The summed E-state index contributed by atoms with van der Waals surface area (Å²) in [6.45, 7) is 12.3. The minimum Gasteiger partial charge on any atom is -0.355 e. The molecule has 0 aliphatic carbocycles. The SMILES string of the molecule is CN=C(NCC1CN2CCN1CC2)N1CCN(Cc2ccc(Cl)cc2)CC1.I. The molecule has 1 unspecified atom stereocenters. The second-order valence-corrected chi connectivity index (χ2v) is 8.24. The summed E-state index contributed by atoms with van der Waals surface area (Å²) in [6.07, 6.45) is 0. The van der Waals surface area contributed by atoms with Crippen molar-refractivity contribution in [2.45, 2.75) is 12.6 Å². The number of hydrogen-bond donors (Lipinski definition) is 1. The van der Waals surface area contributed by atoms with E-state index >= 15 is 0 Å². The predicted molar refractivity (Wildman–Crippen MR) is 127 cm³/mol. The van der Waals surface area contributed by atoms with E-state index in [1.54, 1.807) is 0 Å². The van der Waals surface area contributed by atoms with Crippen LogP contribution in [0.5, 0.6) is 0 Å². The van der Waals surface area contributed by atoms with E-state index in [2.05, 4.69) is 42.0 Å². The van der Waals surface area contributed by atoms with Crippen LogP contribution in [0, 0.1) is 0 Å². The molecule has 4 aliphatic heterocycles. The second kappa shape index (κ2) is 10.4. The maximum Gasteiger partial charge on any atom is 0.193 e. The molecule has 0 saturated carbocycles. The van der Waals surface area contributed by atoms with Gasteiger partial charge in [-0.3, -0.25) is 19.7 Å². The molecule has 4 saturated heterocycles. The van der Waals surface area contributed by atoms with Crippen LogP contribution in [0.25, 0.3) is 0 Å². The Bertz CT molecular complexity index is 639. The van der Waals surface area contributed by atoms with Crippen LogP contribution < -0.4 is 5.32 Å². The molecule has 4 fully saturated rings. The molecule has 2 bridgehead atoms. The quantitative estimate of drug-likeness (QED) is 0.373. The fraction of sp³-hybridized carbons (Fsp3) is 0.650. The zero-order valence-corrected chi connectivity index (χ0v) is 19.8. The molecule has 6 nitrogen and oxygen atoms in total. The summed E-state index contributed by atoms with van der Waals surface area (Å²) < 4.78 is 0. The van der Waals surface area contributed by atoms with Gasteiger partial charge in [0.05, 0.1) is 0 Å². The highest BCUT2D eigenvalue weighted by atomic mass is 127. The Morgan fingerprint density at radius 1 is 1.04 bits per heavy atom. The van der Waals surface area contributed by atoms with E-state index in [4.69, 9.17) is 11.6 Å². The maximum atomic E-state index is 5.98. The smallest absolute Gasteiger partial charge is 0.193 e. The van der Waals surface area contributed by atoms with Gasteiger partial charge in [-0.2, -0.15) is 0 Å². The topological polar surface area (TPSA) is 37.4 Å². The van der Waals surface area contributed by atoms with E-state index < -0.39 is 0 Å². The minimum atomic E-state index is 0. The van der Waals surface area contributed by atoms with E-state index in [1.807, 2.05) is 19.2 Å². The first-order chi connectivity index (χ1) is 13.2. The monoisotopic (exact) mass is 518 g/mol. The van der Waals surface area contributed by atoms with Crippen molar-refractivity contribution in [1.29, 1.82) is 0 Å². The Morgan fingerprint density at radius 3 is 2.29 bits per heavy atom. The largest absolute Gasteiger partial charge is 0.355 e. The van der Waals surface area contributed by atoms with Gasteiger partial charge in [0.2, 0.25) is 0 Å². The van der Waals surface area contributed by atoms with E-state index in [9.17, 15) is 0 Å². The lowest BCUT2D eigenvalue weighted by Gasteiger charge is -2.47. The molecular formula is C20H32ClIN6. The van der Waals surface area contributed by atoms with Crippen molar-refractivity contribution in [3.63, 3.8) is 0 Å². The maximum absolute atomic E-state index is 5.98. The highest BCUT2D eigenvalue weighted by molar-refractivity contribution is 14.0. The van der Waals surface area contributed by atoms with E-state index in [1.165, 1.54) is 38.3 Å². The molecule has 28 heavy (non-hydrogen) atoms. The molecule has 0 amide bonds. The van der Waals surface area contributed by atoms with Crippen LogP contribution in [0.3, 0.4) is 0 Å². The summed E-state index contributed by atoms with van der Waals surface area (Å²) in [5.41, 5.74) is 1.33. The van der Waals surface area contributed by atoms with Crippen LogP contribution in [0.1, 0.15) is 5.56 Å². The van der Waals surface area contributed by atoms with Crippen molar-refractivity contribution >= 4 is 41.5 Å². The van der Waals surface area contributed by atoms with Crippen molar-refractivity contribution in [3.8, 4) is 0 Å². The second-order valence-electron chi connectivity index (χ2n) is 7.81. The Morgan fingerprint density at radius 2 is 1.71 bits per heavy atom. The van der Waals surface area contributed by atoms with Crippen molar-refractivity contribution < 1.29 is 0 Å². The Hall–Kier alpha value is -0.610. The molecule has 0 radical (unpaired) electrons. The van der Waals surface area contributed by atoms with Gasteiger partial charge >= 0.3 is 0 Å². The summed E-state index contributed by atoms with van der Waals surface area (Å²) in [6, 6.07) is 8.82. The lowest BCUT2D eigenvalue weighted by Crippen LogP contribution is -2.64. The number of aliphatic imine (C=N–C) groups is 1. The minimum absolute atomic E-state index is 0. The van der Waals surface area contributed by atoms with E-state index in [0.717, 1.165) is 50.3 Å². The summed E-state index contributed by atoms with van der Waals surface area (Å²) >= 11 is 5.98. The molecule has 156 valence electrons. The number of fused-ring (bicyclic) bond motifs is 3. The summed E-state index contributed by atoms with van der Waals surface area (Å²) in [5.74, 6) is 1.05.